The number of unbranched alkanes of at least 4 members (excludes halogenated alkanes) is 6. The van der Waals surface area contributed by atoms with Crippen molar-refractivity contribution < 1.29 is 19.1 Å². The number of esters is 2. The summed E-state index contributed by atoms with van der Waals surface area (Å²) in [5.41, 5.74) is 0.827. The van der Waals surface area contributed by atoms with E-state index in [1.807, 2.05) is 0 Å². The Labute approximate surface area is 198 Å². The van der Waals surface area contributed by atoms with Crippen LogP contribution in [-0.2, 0) is 9.47 Å². The zero-order chi connectivity index (χ0) is 23.0. The monoisotopic (exact) mass is 476 g/mol. The van der Waals surface area contributed by atoms with Crippen LogP contribution in [0.25, 0.3) is 0 Å². The predicted molar refractivity (Wildman–Crippen MR) is 129 cm³/mol. The zero-order valence-corrected chi connectivity index (χ0v) is 20.5. The van der Waals surface area contributed by atoms with E-state index in [4.69, 9.17) is 9.47 Å². The van der Waals surface area contributed by atoms with Crippen molar-refractivity contribution >= 4 is 33.5 Å². The van der Waals surface area contributed by atoms with E-state index in [1.54, 1.807) is 36.7 Å². The van der Waals surface area contributed by atoms with E-state index in [0.717, 1.165) is 51.4 Å². The van der Waals surface area contributed by atoms with Gasteiger partial charge in [-0.1, -0.05) is 52.4 Å². The first-order valence-corrected chi connectivity index (χ1v) is 13.4. The molecule has 0 N–H and O–H groups in total. The molecule has 2 rings (SSSR count). The minimum atomic E-state index is -0.384. The number of rotatable bonds is 15. The van der Waals surface area contributed by atoms with Crippen LogP contribution in [0.3, 0.4) is 0 Å². The molecule has 2 aromatic heterocycles. The smallest absolute Gasteiger partial charge is 0.340 e. The van der Waals surface area contributed by atoms with Gasteiger partial charge in [0.05, 0.1) is 24.3 Å². The predicted octanol–water partition coefficient (Wildman–Crippen LogP) is 6.75. The Morgan fingerprint density at radius 2 is 1.16 bits per heavy atom. The highest BCUT2D eigenvalue weighted by Crippen LogP contribution is 2.38. The molecule has 0 amide bonds. The van der Waals surface area contributed by atoms with Crippen molar-refractivity contribution in [3.8, 4) is 0 Å². The first-order valence-electron chi connectivity index (χ1n) is 11.3. The third-order valence-corrected chi connectivity index (χ3v) is 6.89. The SMILES string of the molecule is CCCCCCOC(=O)c1cccnc1SSc1ncccc1C(=O)OCCCCCC. The van der Waals surface area contributed by atoms with E-state index in [-0.39, 0.29) is 11.9 Å². The van der Waals surface area contributed by atoms with E-state index in [9.17, 15) is 9.59 Å². The molecule has 0 fully saturated rings. The molecule has 2 aromatic rings. The molecule has 0 saturated heterocycles. The van der Waals surface area contributed by atoms with E-state index in [0.29, 0.717) is 34.4 Å². The quantitative estimate of drug-likeness (QED) is 0.159. The Hall–Kier alpha value is -2.06. The number of pyridine rings is 2. The molecule has 0 aliphatic rings. The molecule has 0 aromatic carbocycles. The minimum absolute atomic E-state index is 0.384. The highest BCUT2D eigenvalue weighted by molar-refractivity contribution is 8.76. The van der Waals surface area contributed by atoms with Gasteiger partial charge in [-0.15, -0.1) is 0 Å². The molecule has 32 heavy (non-hydrogen) atoms. The Morgan fingerprint density at radius 1 is 0.719 bits per heavy atom. The lowest BCUT2D eigenvalue weighted by Gasteiger charge is -2.10. The summed E-state index contributed by atoms with van der Waals surface area (Å²) >= 11 is 0. The second kappa shape index (κ2) is 15.7. The Morgan fingerprint density at radius 3 is 1.56 bits per heavy atom. The summed E-state index contributed by atoms with van der Waals surface area (Å²) < 4.78 is 10.8. The van der Waals surface area contributed by atoms with Crippen molar-refractivity contribution in [2.75, 3.05) is 13.2 Å². The Balaban J connectivity index is 1.95. The number of ether oxygens (including phenoxy) is 2. The maximum absolute atomic E-state index is 12.5. The summed E-state index contributed by atoms with van der Waals surface area (Å²) in [6.07, 6.45) is 11.6. The molecule has 0 aliphatic carbocycles. The fraction of sp³-hybridized carbons (Fsp3) is 0.500. The molecule has 6 nitrogen and oxygen atoms in total. The standard InChI is InChI=1S/C24H32N2O4S2/c1-3-5-7-9-17-29-23(27)19-13-11-15-25-21(19)31-32-22-20(14-12-16-26-22)24(28)30-18-10-8-6-4-2/h11-16H,3-10,17-18H2,1-2H3. The fourth-order valence-corrected chi connectivity index (χ4v) is 4.97. The topological polar surface area (TPSA) is 78.4 Å². The maximum Gasteiger partial charge on any atom is 0.340 e. The second-order valence-corrected chi connectivity index (χ2v) is 9.38. The van der Waals surface area contributed by atoms with Gasteiger partial charge in [0.25, 0.3) is 0 Å². The highest BCUT2D eigenvalue weighted by Gasteiger charge is 2.18. The number of aromatic nitrogens is 2. The molecule has 0 aliphatic heterocycles. The summed E-state index contributed by atoms with van der Waals surface area (Å²) in [5, 5.41) is 1.06. The molecule has 0 radical (unpaired) electrons. The minimum Gasteiger partial charge on any atom is -0.462 e. The van der Waals surface area contributed by atoms with Gasteiger partial charge in [0.15, 0.2) is 0 Å². The van der Waals surface area contributed by atoms with Crippen LogP contribution >= 0.6 is 21.6 Å². The summed E-state index contributed by atoms with van der Waals surface area (Å²) in [6.45, 7) is 5.09. The van der Waals surface area contributed by atoms with Crippen molar-refractivity contribution in [3.05, 3.63) is 47.8 Å². The molecule has 0 spiro atoms. The van der Waals surface area contributed by atoms with E-state index in [1.165, 1.54) is 21.6 Å². The van der Waals surface area contributed by atoms with Gasteiger partial charge in [0.1, 0.15) is 10.1 Å². The molecule has 174 valence electrons. The summed E-state index contributed by atoms with van der Waals surface area (Å²) in [4.78, 5) is 33.7. The van der Waals surface area contributed by atoms with Crippen molar-refractivity contribution in [1.29, 1.82) is 0 Å². The van der Waals surface area contributed by atoms with Gasteiger partial charge in [0, 0.05) is 12.4 Å². The van der Waals surface area contributed by atoms with Crippen LogP contribution in [0.1, 0.15) is 85.9 Å². The normalized spacial score (nSPS) is 10.7. The van der Waals surface area contributed by atoms with Crippen LogP contribution in [-0.4, -0.2) is 35.1 Å². The molecule has 0 unspecified atom stereocenters. The van der Waals surface area contributed by atoms with Crippen LogP contribution in [0.4, 0.5) is 0 Å². The molecule has 2 heterocycles. The van der Waals surface area contributed by atoms with Crippen LogP contribution in [0.15, 0.2) is 46.7 Å². The van der Waals surface area contributed by atoms with Crippen molar-refractivity contribution in [3.63, 3.8) is 0 Å². The van der Waals surface area contributed by atoms with Gasteiger partial charge in [0.2, 0.25) is 0 Å². The van der Waals surface area contributed by atoms with Crippen molar-refractivity contribution in [1.82, 2.24) is 9.97 Å². The summed E-state index contributed by atoms with van der Waals surface area (Å²) in [5.74, 6) is -0.768. The second-order valence-electron chi connectivity index (χ2n) is 7.27. The molecular weight excluding hydrogens is 444 g/mol. The lowest BCUT2D eigenvalue weighted by atomic mass is 10.2. The number of hydrogen-bond donors (Lipinski definition) is 0. The fourth-order valence-electron chi connectivity index (χ4n) is 2.85. The summed E-state index contributed by atoms with van der Waals surface area (Å²) in [7, 11) is 2.55. The molecule has 0 atom stereocenters. The highest BCUT2D eigenvalue weighted by atomic mass is 33.1. The molecular formula is C24H32N2O4S2. The van der Waals surface area contributed by atoms with Gasteiger partial charge >= 0.3 is 11.9 Å². The third kappa shape index (κ3) is 9.20. The maximum atomic E-state index is 12.5. The first kappa shape index (κ1) is 26.2. The van der Waals surface area contributed by atoms with Crippen LogP contribution in [0.5, 0.6) is 0 Å². The van der Waals surface area contributed by atoms with Crippen LogP contribution < -0.4 is 0 Å². The van der Waals surface area contributed by atoms with E-state index < -0.39 is 0 Å². The number of carbonyl (C=O) groups is 2. The number of carbonyl (C=O) groups excluding carboxylic acids is 2. The average Bonchev–Trinajstić information content (AvgIpc) is 2.82. The summed E-state index contributed by atoms with van der Waals surface area (Å²) in [6, 6.07) is 6.83. The van der Waals surface area contributed by atoms with Gasteiger partial charge in [-0.25, -0.2) is 19.6 Å². The third-order valence-electron chi connectivity index (χ3n) is 4.64. The number of hydrogen-bond acceptors (Lipinski definition) is 8. The van der Waals surface area contributed by atoms with Crippen LogP contribution in [0, 0.1) is 0 Å². The Bertz CT molecular complexity index is 779. The molecule has 0 saturated carbocycles. The lowest BCUT2D eigenvalue weighted by molar-refractivity contribution is 0.0483. The van der Waals surface area contributed by atoms with E-state index in [2.05, 4.69) is 23.8 Å². The van der Waals surface area contributed by atoms with Gasteiger partial charge in [-0.3, -0.25) is 0 Å². The van der Waals surface area contributed by atoms with Crippen molar-refractivity contribution in [2.45, 2.75) is 75.3 Å². The number of nitrogens with zero attached hydrogens (tertiary/aromatic N) is 2. The molecule has 8 heteroatoms. The van der Waals surface area contributed by atoms with Crippen molar-refractivity contribution in [2.24, 2.45) is 0 Å². The van der Waals surface area contributed by atoms with Gasteiger partial charge < -0.3 is 9.47 Å². The zero-order valence-electron chi connectivity index (χ0n) is 18.9. The Kier molecular flexibility index (Phi) is 12.8. The average molecular weight is 477 g/mol. The first-order chi connectivity index (χ1) is 15.7. The van der Waals surface area contributed by atoms with Gasteiger partial charge in [-0.05, 0) is 58.7 Å². The van der Waals surface area contributed by atoms with E-state index >= 15 is 0 Å². The largest absolute Gasteiger partial charge is 0.462 e. The van der Waals surface area contributed by atoms with Gasteiger partial charge in [-0.2, -0.15) is 0 Å². The van der Waals surface area contributed by atoms with Crippen LogP contribution in [0.2, 0.25) is 0 Å². The molecule has 0 bridgehead atoms. The lowest BCUT2D eigenvalue weighted by Crippen LogP contribution is -2.09.